The van der Waals surface area contributed by atoms with Crippen LogP contribution in [0.25, 0.3) is 0 Å². The fourth-order valence-corrected chi connectivity index (χ4v) is 4.71. The van der Waals surface area contributed by atoms with Crippen LogP contribution in [0.2, 0.25) is 0 Å². The normalized spacial score (nSPS) is 28.8. The van der Waals surface area contributed by atoms with E-state index in [-0.39, 0.29) is 12.1 Å². The molecule has 1 heterocycles. The highest BCUT2D eigenvalue weighted by Gasteiger charge is 2.46. The monoisotopic (exact) mass is 316 g/mol. The molecule has 0 unspecified atom stereocenters. The molecule has 4 nitrogen and oxygen atoms in total. The third kappa shape index (κ3) is 3.01. The summed E-state index contributed by atoms with van der Waals surface area (Å²) in [6, 6.07) is 19.9. The van der Waals surface area contributed by atoms with Crippen molar-refractivity contribution in [3.05, 3.63) is 71.8 Å². The van der Waals surface area contributed by atoms with Crippen LogP contribution in [0.4, 0.5) is 0 Å². The lowest BCUT2D eigenvalue weighted by Gasteiger charge is -2.21. The lowest BCUT2D eigenvalue weighted by Crippen LogP contribution is -2.26. The third-order valence-corrected chi connectivity index (χ3v) is 6.42. The van der Waals surface area contributed by atoms with E-state index in [9.17, 15) is 4.57 Å². The molecule has 1 fully saturated rings. The first-order chi connectivity index (χ1) is 10.6. The van der Waals surface area contributed by atoms with E-state index < -0.39 is 7.67 Å². The van der Waals surface area contributed by atoms with Gasteiger partial charge in [0.2, 0.25) is 0 Å². The Morgan fingerprint density at radius 2 is 1.68 bits per heavy atom. The molecule has 0 spiro atoms. The van der Waals surface area contributed by atoms with Crippen molar-refractivity contribution >= 4 is 7.67 Å². The summed E-state index contributed by atoms with van der Waals surface area (Å²) < 4.78 is 20.9. The largest absolute Gasteiger partial charge is 0.344 e. The molecule has 5 heteroatoms. The van der Waals surface area contributed by atoms with Gasteiger partial charge < -0.3 is 0 Å². The molecule has 0 aliphatic carbocycles. The molecule has 1 N–H and O–H groups in total. The summed E-state index contributed by atoms with van der Waals surface area (Å²) in [5.41, 5.74) is 2.15. The molecule has 3 rings (SSSR count). The summed E-state index contributed by atoms with van der Waals surface area (Å²) in [5, 5.41) is 3.11. The highest BCUT2D eigenvalue weighted by molar-refractivity contribution is 7.54. The summed E-state index contributed by atoms with van der Waals surface area (Å²) in [4.78, 5) is 0. The predicted molar refractivity (Wildman–Crippen MR) is 88.4 cm³/mol. The fraction of sp³-hybridized carbons (Fsp3) is 0.294. The molecule has 0 radical (unpaired) electrons. The molecule has 0 bridgehead atoms. The molecule has 1 aliphatic heterocycles. The molecular weight excluding hydrogens is 295 g/mol. The summed E-state index contributed by atoms with van der Waals surface area (Å²) >= 11 is 0. The maximum absolute atomic E-state index is 13.1. The second-order valence-corrected chi connectivity index (χ2v) is 7.79. The number of hydrogen-bond donors (Lipinski definition) is 1. The van der Waals surface area contributed by atoms with Gasteiger partial charge in [0.15, 0.2) is 0 Å². The van der Waals surface area contributed by atoms with Crippen LogP contribution in [0, 0.1) is 0 Å². The number of nitrogens with one attached hydrogen (secondary N) is 1. The summed E-state index contributed by atoms with van der Waals surface area (Å²) in [6.07, 6.45) is -0.180. The van der Waals surface area contributed by atoms with E-state index in [4.69, 9.17) is 4.52 Å². The number of benzene rings is 2. The molecule has 0 aromatic heterocycles. The average Bonchev–Trinajstić information content (AvgIpc) is 2.80. The molecule has 0 amide bonds. The van der Waals surface area contributed by atoms with Gasteiger partial charge in [-0.05, 0) is 25.1 Å². The van der Waals surface area contributed by atoms with E-state index >= 15 is 0 Å². The van der Waals surface area contributed by atoms with Crippen LogP contribution in [0.5, 0.6) is 0 Å². The number of hydrogen-bond acceptors (Lipinski definition) is 2. The molecule has 2 aromatic carbocycles. The van der Waals surface area contributed by atoms with Crippen LogP contribution in [-0.4, -0.2) is 17.8 Å². The Morgan fingerprint density at radius 3 is 2.32 bits per heavy atom. The van der Waals surface area contributed by atoms with Crippen molar-refractivity contribution in [3.63, 3.8) is 0 Å². The smallest absolute Gasteiger partial charge is 0.296 e. The third-order valence-electron chi connectivity index (χ3n) is 4.15. The SMILES string of the molecule is C[C@@H]1[C@H](c2ccccc2)O[P@@](=O)(NCc2ccccc2)N1C. The molecular formula is C17H21N2O2P. The molecule has 116 valence electrons. The second kappa shape index (κ2) is 6.35. The van der Waals surface area contributed by atoms with Gasteiger partial charge in [0.1, 0.15) is 6.10 Å². The van der Waals surface area contributed by atoms with Gasteiger partial charge in [-0.2, -0.15) is 0 Å². The quantitative estimate of drug-likeness (QED) is 0.867. The molecule has 2 aromatic rings. The zero-order valence-corrected chi connectivity index (χ0v) is 13.7. The Labute approximate surface area is 131 Å². The Morgan fingerprint density at radius 1 is 1.09 bits per heavy atom. The first-order valence-electron chi connectivity index (χ1n) is 7.46. The van der Waals surface area contributed by atoms with Crippen LogP contribution >= 0.6 is 7.67 Å². The summed E-state index contributed by atoms with van der Waals surface area (Å²) in [7, 11) is -1.17. The van der Waals surface area contributed by atoms with Crippen LogP contribution < -0.4 is 5.09 Å². The predicted octanol–water partition coefficient (Wildman–Crippen LogP) is 3.98. The Hall–Kier alpha value is -1.45. The molecule has 3 atom stereocenters. The van der Waals surface area contributed by atoms with Gasteiger partial charge in [0.05, 0.1) is 0 Å². The first-order valence-corrected chi connectivity index (χ1v) is 9.04. The lowest BCUT2D eigenvalue weighted by molar-refractivity contribution is 0.208. The van der Waals surface area contributed by atoms with E-state index in [1.807, 2.05) is 79.3 Å². The van der Waals surface area contributed by atoms with E-state index in [1.54, 1.807) is 0 Å². The van der Waals surface area contributed by atoms with Crippen molar-refractivity contribution < 1.29 is 9.09 Å². The van der Waals surface area contributed by atoms with Gasteiger partial charge in [-0.1, -0.05) is 60.7 Å². The maximum Gasteiger partial charge on any atom is 0.344 e. The zero-order chi connectivity index (χ0) is 15.6. The highest BCUT2D eigenvalue weighted by atomic mass is 31.2. The van der Waals surface area contributed by atoms with Crippen molar-refractivity contribution in [2.45, 2.75) is 25.6 Å². The van der Waals surface area contributed by atoms with Crippen LogP contribution in [0.1, 0.15) is 24.2 Å². The minimum atomic E-state index is -3.02. The van der Waals surface area contributed by atoms with Crippen molar-refractivity contribution in [2.75, 3.05) is 7.05 Å². The van der Waals surface area contributed by atoms with E-state index in [2.05, 4.69) is 5.09 Å². The Bertz CT molecular complexity index is 663. The van der Waals surface area contributed by atoms with Gasteiger partial charge in [-0.3, -0.25) is 9.09 Å². The average molecular weight is 316 g/mol. The van der Waals surface area contributed by atoms with Gasteiger partial charge in [-0.15, -0.1) is 0 Å². The minimum absolute atomic E-state index is 0.0523. The van der Waals surface area contributed by atoms with Crippen LogP contribution in [0.3, 0.4) is 0 Å². The summed E-state index contributed by atoms with van der Waals surface area (Å²) in [6.45, 7) is 2.57. The molecule has 22 heavy (non-hydrogen) atoms. The van der Waals surface area contributed by atoms with Gasteiger partial charge in [0, 0.05) is 12.6 Å². The van der Waals surface area contributed by atoms with Crippen molar-refractivity contribution in [1.82, 2.24) is 9.76 Å². The number of rotatable bonds is 4. The van der Waals surface area contributed by atoms with Gasteiger partial charge in [-0.25, -0.2) is 9.76 Å². The number of nitrogens with zero attached hydrogens (tertiary/aromatic N) is 1. The summed E-state index contributed by atoms with van der Waals surface area (Å²) in [5.74, 6) is 0. The Balaban J connectivity index is 1.75. The fourth-order valence-electron chi connectivity index (χ4n) is 2.67. The van der Waals surface area contributed by atoms with Crippen LogP contribution in [-0.2, 0) is 15.6 Å². The van der Waals surface area contributed by atoms with Gasteiger partial charge >= 0.3 is 7.67 Å². The van der Waals surface area contributed by atoms with E-state index in [0.29, 0.717) is 6.54 Å². The van der Waals surface area contributed by atoms with Crippen molar-refractivity contribution in [3.8, 4) is 0 Å². The van der Waals surface area contributed by atoms with Crippen molar-refractivity contribution in [2.24, 2.45) is 0 Å². The second-order valence-electron chi connectivity index (χ2n) is 5.59. The topological polar surface area (TPSA) is 41.6 Å². The van der Waals surface area contributed by atoms with Crippen molar-refractivity contribution in [1.29, 1.82) is 0 Å². The van der Waals surface area contributed by atoms with Gasteiger partial charge in [0.25, 0.3) is 0 Å². The van der Waals surface area contributed by atoms with E-state index in [0.717, 1.165) is 11.1 Å². The zero-order valence-electron chi connectivity index (χ0n) is 12.8. The number of likely N-dealkylation sites (N-methyl/N-ethyl adjacent to an activating group) is 1. The Kier molecular flexibility index (Phi) is 4.46. The maximum atomic E-state index is 13.1. The lowest BCUT2D eigenvalue weighted by atomic mass is 10.0. The molecule has 1 saturated heterocycles. The molecule has 0 saturated carbocycles. The first kappa shape index (κ1) is 15.4. The van der Waals surface area contributed by atoms with E-state index in [1.165, 1.54) is 0 Å². The minimum Gasteiger partial charge on any atom is -0.296 e. The molecule has 1 aliphatic rings. The standard InChI is InChI=1S/C17H21N2O2P/c1-14-17(16-11-7-4-8-12-16)21-22(20,19(14)2)18-13-15-9-5-3-6-10-15/h3-12,14,17H,13H2,1-2H3,(H,18,20)/t14-,17-,22+/m1/s1. The van der Waals surface area contributed by atoms with Crippen LogP contribution in [0.15, 0.2) is 60.7 Å². The highest BCUT2D eigenvalue weighted by Crippen LogP contribution is 2.59.